The number of Topliss-reactive ketones (excluding diaryl/α,β-unsaturated/α-hetero) is 1. The molecule has 1 heterocycles. The number of benzene rings is 3. The van der Waals surface area contributed by atoms with E-state index in [4.69, 9.17) is 0 Å². The summed E-state index contributed by atoms with van der Waals surface area (Å²) in [6.45, 7) is 3.66. The number of nitrogens with one attached hydrogen (secondary N) is 1. The second kappa shape index (κ2) is 9.69. The van der Waals surface area contributed by atoms with Gasteiger partial charge >= 0.3 is 0 Å². The monoisotopic (exact) mass is 511 g/mol. The van der Waals surface area contributed by atoms with E-state index in [1.54, 1.807) is 18.2 Å². The molecule has 4 rings (SSSR count). The molecule has 1 atom stereocenters. The summed E-state index contributed by atoms with van der Waals surface area (Å²) >= 11 is 3.48. The fourth-order valence-corrected chi connectivity index (χ4v) is 6.16. The van der Waals surface area contributed by atoms with Gasteiger partial charge in [-0.25, -0.2) is 8.42 Å². The minimum absolute atomic E-state index is 0.0421. The van der Waals surface area contributed by atoms with Crippen molar-refractivity contribution in [2.24, 2.45) is 0 Å². The molecule has 166 valence electrons. The van der Waals surface area contributed by atoms with E-state index in [-0.39, 0.29) is 28.8 Å². The molecule has 3 aromatic rings. The van der Waals surface area contributed by atoms with Crippen LogP contribution in [0.2, 0.25) is 0 Å². The number of hydrogen-bond donors (Lipinski definition) is 1. The Hall–Kier alpha value is -2.28. The van der Waals surface area contributed by atoms with Gasteiger partial charge in [0, 0.05) is 30.4 Å². The van der Waals surface area contributed by atoms with Crippen molar-refractivity contribution < 1.29 is 13.2 Å². The number of rotatable bonds is 8. The fourth-order valence-electron chi connectivity index (χ4n) is 4.13. The summed E-state index contributed by atoms with van der Waals surface area (Å²) in [5.74, 6) is 0.230. The van der Waals surface area contributed by atoms with Gasteiger partial charge in [0.05, 0.1) is 10.6 Å². The standard InChI is InChI=1S/C26H26BrNO3S/c1-18(20-5-3-2-4-6-20)11-24(29)13-21-9-10-25(14-26(21)27)32(30,31)17-19-7-8-22-15-28-16-23(22)12-19/h2-10,12,14,18,28H,11,13,15-17H2,1H3. The van der Waals surface area contributed by atoms with Gasteiger partial charge in [-0.05, 0) is 45.9 Å². The third-order valence-electron chi connectivity index (χ3n) is 5.93. The number of carbonyl (C=O) groups excluding carboxylic acids is 1. The molecule has 1 unspecified atom stereocenters. The van der Waals surface area contributed by atoms with Crippen molar-refractivity contribution in [3.8, 4) is 0 Å². The zero-order chi connectivity index (χ0) is 22.7. The van der Waals surface area contributed by atoms with Gasteiger partial charge in [-0.2, -0.15) is 0 Å². The Balaban J connectivity index is 1.43. The van der Waals surface area contributed by atoms with Gasteiger partial charge in [-0.1, -0.05) is 77.5 Å². The van der Waals surface area contributed by atoms with E-state index < -0.39 is 9.84 Å². The van der Waals surface area contributed by atoms with E-state index >= 15 is 0 Å². The maximum atomic E-state index is 13.0. The molecule has 3 aromatic carbocycles. The fraction of sp³-hybridized carbons (Fsp3) is 0.269. The van der Waals surface area contributed by atoms with Gasteiger partial charge in [-0.15, -0.1) is 0 Å². The van der Waals surface area contributed by atoms with Gasteiger partial charge in [0.2, 0.25) is 0 Å². The highest BCUT2D eigenvalue weighted by Gasteiger charge is 2.20. The summed E-state index contributed by atoms with van der Waals surface area (Å²) in [6.07, 6.45) is 0.722. The zero-order valence-corrected chi connectivity index (χ0v) is 20.4. The van der Waals surface area contributed by atoms with Crippen LogP contribution in [0.15, 0.2) is 76.1 Å². The highest BCUT2D eigenvalue weighted by molar-refractivity contribution is 9.10. The van der Waals surface area contributed by atoms with Gasteiger partial charge in [0.15, 0.2) is 9.84 Å². The Labute approximate surface area is 198 Å². The Morgan fingerprint density at radius 3 is 2.50 bits per heavy atom. The first-order chi connectivity index (χ1) is 15.3. The van der Waals surface area contributed by atoms with Crippen LogP contribution in [0.1, 0.15) is 47.1 Å². The average Bonchev–Trinajstić information content (AvgIpc) is 3.23. The first-order valence-electron chi connectivity index (χ1n) is 10.7. The smallest absolute Gasteiger partial charge is 0.182 e. The molecule has 0 bridgehead atoms. The van der Waals surface area contributed by atoms with Crippen molar-refractivity contribution in [3.05, 3.63) is 99.0 Å². The van der Waals surface area contributed by atoms with Crippen LogP contribution in [0.5, 0.6) is 0 Å². The molecule has 0 amide bonds. The van der Waals surface area contributed by atoms with E-state index in [0.29, 0.717) is 10.9 Å². The molecule has 4 nitrogen and oxygen atoms in total. The quantitative estimate of drug-likeness (QED) is 0.443. The molecule has 0 aromatic heterocycles. The third-order valence-corrected chi connectivity index (χ3v) is 8.36. The molecule has 1 aliphatic heterocycles. The van der Waals surface area contributed by atoms with Crippen LogP contribution in [-0.4, -0.2) is 14.2 Å². The number of carbonyl (C=O) groups is 1. The second-order valence-corrected chi connectivity index (χ2v) is 11.3. The molecule has 32 heavy (non-hydrogen) atoms. The number of halogens is 1. The highest BCUT2D eigenvalue weighted by Crippen LogP contribution is 2.27. The third kappa shape index (κ3) is 5.37. The van der Waals surface area contributed by atoms with Crippen molar-refractivity contribution in [2.75, 3.05) is 0 Å². The first-order valence-corrected chi connectivity index (χ1v) is 13.2. The Morgan fingerprint density at radius 1 is 1.00 bits per heavy atom. The van der Waals surface area contributed by atoms with Crippen LogP contribution < -0.4 is 5.32 Å². The minimum Gasteiger partial charge on any atom is -0.309 e. The summed E-state index contributed by atoms with van der Waals surface area (Å²) < 4.78 is 26.6. The van der Waals surface area contributed by atoms with E-state index in [1.165, 1.54) is 5.56 Å². The molecule has 0 saturated heterocycles. The largest absolute Gasteiger partial charge is 0.309 e. The summed E-state index contributed by atoms with van der Waals surface area (Å²) in [6, 6.07) is 20.8. The summed E-state index contributed by atoms with van der Waals surface area (Å²) in [4.78, 5) is 12.9. The van der Waals surface area contributed by atoms with Crippen LogP contribution in [0.4, 0.5) is 0 Å². The normalized spacial score (nSPS) is 14.2. The molecule has 1 N–H and O–H groups in total. The SMILES string of the molecule is CC(CC(=O)Cc1ccc(S(=O)(=O)Cc2ccc3c(c2)CNC3)cc1Br)c1ccccc1. The number of hydrogen-bond acceptors (Lipinski definition) is 4. The van der Waals surface area contributed by atoms with Crippen molar-refractivity contribution in [2.45, 2.75) is 49.4 Å². The molecule has 6 heteroatoms. The van der Waals surface area contributed by atoms with E-state index in [1.807, 2.05) is 55.5 Å². The Morgan fingerprint density at radius 2 is 1.75 bits per heavy atom. The molecule has 0 radical (unpaired) electrons. The average molecular weight is 512 g/mol. The highest BCUT2D eigenvalue weighted by atomic mass is 79.9. The van der Waals surface area contributed by atoms with Crippen LogP contribution in [0.3, 0.4) is 0 Å². The van der Waals surface area contributed by atoms with E-state index in [0.717, 1.165) is 35.3 Å². The first kappa shape index (κ1) is 22.9. The predicted octanol–water partition coefficient (Wildman–Crippen LogP) is 5.33. The van der Waals surface area contributed by atoms with E-state index in [2.05, 4.69) is 21.2 Å². The van der Waals surface area contributed by atoms with Gasteiger partial charge < -0.3 is 5.32 Å². The molecule has 0 aliphatic carbocycles. The molecule has 0 spiro atoms. The lowest BCUT2D eigenvalue weighted by molar-refractivity contribution is -0.118. The van der Waals surface area contributed by atoms with Gasteiger partial charge in [0.1, 0.15) is 5.78 Å². The van der Waals surface area contributed by atoms with Crippen LogP contribution in [0.25, 0.3) is 0 Å². The summed E-state index contributed by atoms with van der Waals surface area (Å²) in [5, 5.41) is 3.28. The maximum absolute atomic E-state index is 13.0. The van der Waals surface area contributed by atoms with Gasteiger partial charge in [0.25, 0.3) is 0 Å². The molecule has 1 aliphatic rings. The number of fused-ring (bicyclic) bond motifs is 1. The summed E-state index contributed by atoms with van der Waals surface area (Å²) in [7, 11) is -3.49. The van der Waals surface area contributed by atoms with Crippen molar-refractivity contribution >= 4 is 31.6 Å². The molecular formula is C26H26BrNO3S. The molecule has 0 fully saturated rings. The van der Waals surface area contributed by atoms with Crippen LogP contribution in [-0.2, 0) is 39.9 Å². The Kier molecular flexibility index (Phi) is 6.93. The lowest BCUT2D eigenvalue weighted by Gasteiger charge is -2.12. The van der Waals surface area contributed by atoms with Crippen molar-refractivity contribution in [3.63, 3.8) is 0 Å². The lowest BCUT2D eigenvalue weighted by atomic mass is 9.93. The van der Waals surface area contributed by atoms with Crippen LogP contribution in [0, 0.1) is 0 Å². The maximum Gasteiger partial charge on any atom is 0.182 e. The number of ketones is 1. The predicted molar refractivity (Wildman–Crippen MR) is 130 cm³/mol. The molecular weight excluding hydrogens is 486 g/mol. The van der Waals surface area contributed by atoms with Gasteiger partial charge in [-0.3, -0.25) is 4.79 Å². The topological polar surface area (TPSA) is 63.2 Å². The van der Waals surface area contributed by atoms with Crippen LogP contribution >= 0.6 is 15.9 Å². The lowest BCUT2D eigenvalue weighted by Crippen LogP contribution is -2.09. The minimum atomic E-state index is -3.49. The Bertz CT molecular complexity index is 1240. The zero-order valence-electron chi connectivity index (χ0n) is 18.0. The second-order valence-electron chi connectivity index (χ2n) is 8.45. The number of sulfone groups is 1. The molecule has 0 saturated carbocycles. The van der Waals surface area contributed by atoms with E-state index in [9.17, 15) is 13.2 Å². The van der Waals surface area contributed by atoms with Crippen molar-refractivity contribution in [1.82, 2.24) is 5.32 Å². The summed E-state index contributed by atoms with van der Waals surface area (Å²) in [5.41, 5.74) is 5.13. The van der Waals surface area contributed by atoms with Crippen molar-refractivity contribution in [1.29, 1.82) is 0 Å².